The van der Waals surface area contributed by atoms with Crippen molar-refractivity contribution in [2.45, 2.75) is 57.7 Å². The molecule has 2 aromatic heterocycles. The Bertz CT molecular complexity index is 1240. The van der Waals surface area contributed by atoms with Gasteiger partial charge in [-0.2, -0.15) is 0 Å². The molecule has 35 heavy (non-hydrogen) atoms. The van der Waals surface area contributed by atoms with Gasteiger partial charge in [0.15, 0.2) is 0 Å². The van der Waals surface area contributed by atoms with E-state index in [1.54, 1.807) is 23.3 Å². The zero-order valence-corrected chi connectivity index (χ0v) is 20.7. The molecule has 3 aromatic rings. The maximum absolute atomic E-state index is 13.8. The van der Waals surface area contributed by atoms with Crippen molar-refractivity contribution in [2.75, 3.05) is 6.54 Å². The second kappa shape index (κ2) is 9.78. The minimum Gasteiger partial charge on any atom is -0.463 e. The smallest absolute Gasteiger partial charge is 0.271 e. The Labute approximate surface area is 210 Å². The van der Waals surface area contributed by atoms with Gasteiger partial charge in [-0.3, -0.25) is 9.59 Å². The van der Waals surface area contributed by atoms with E-state index in [0.717, 1.165) is 30.5 Å². The Kier molecular flexibility index (Phi) is 6.56. The van der Waals surface area contributed by atoms with Gasteiger partial charge >= 0.3 is 0 Å². The molecule has 0 bridgehead atoms. The number of furan rings is 1. The van der Waals surface area contributed by atoms with Gasteiger partial charge in [-0.05, 0) is 81.0 Å². The normalized spacial score (nSPS) is 19.9. The standard InChI is InChI=1S/C28H30ClN3O3/c1-28(27(34)30-18-21-9-11-22(29)12-10-21)19-31-23(25-8-5-17-35-25)13-14-24(31)26(33)32(28)16-15-20-6-3-2-4-7-20/h5-6,8-14,17H,2-4,7,15-16,18-19H2,1H3,(H,30,34). The van der Waals surface area contributed by atoms with Gasteiger partial charge in [-0.15, -0.1) is 0 Å². The summed E-state index contributed by atoms with van der Waals surface area (Å²) in [6.45, 7) is 3.09. The van der Waals surface area contributed by atoms with E-state index < -0.39 is 5.54 Å². The molecule has 2 aliphatic rings. The van der Waals surface area contributed by atoms with Crippen LogP contribution in [0.3, 0.4) is 0 Å². The lowest BCUT2D eigenvalue weighted by molar-refractivity contribution is -0.133. The van der Waals surface area contributed by atoms with Crippen LogP contribution < -0.4 is 5.32 Å². The van der Waals surface area contributed by atoms with Crippen LogP contribution in [0, 0.1) is 0 Å². The summed E-state index contributed by atoms with van der Waals surface area (Å²) in [5.74, 6) is 0.367. The molecule has 0 radical (unpaired) electrons. The summed E-state index contributed by atoms with van der Waals surface area (Å²) in [7, 11) is 0. The first-order valence-electron chi connectivity index (χ1n) is 12.2. The van der Waals surface area contributed by atoms with E-state index in [1.165, 1.54) is 18.4 Å². The second-order valence-electron chi connectivity index (χ2n) is 9.57. The average molecular weight is 492 g/mol. The Morgan fingerprint density at radius 3 is 2.63 bits per heavy atom. The summed E-state index contributed by atoms with van der Waals surface area (Å²) < 4.78 is 7.53. The van der Waals surface area contributed by atoms with Crippen molar-refractivity contribution in [3.8, 4) is 11.5 Å². The Balaban J connectivity index is 1.44. The molecule has 1 aliphatic heterocycles. The number of aromatic nitrogens is 1. The third kappa shape index (κ3) is 4.67. The topological polar surface area (TPSA) is 67.5 Å². The van der Waals surface area contributed by atoms with E-state index in [0.29, 0.717) is 36.1 Å². The van der Waals surface area contributed by atoms with Crippen molar-refractivity contribution in [3.05, 3.63) is 82.7 Å². The number of carbonyl (C=O) groups excluding carboxylic acids is 2. The zero-order chi connectivity index (χ0) is 24.4. The lowest BCUT2D eigenvalue weighted by Gasteiger charge is -2.44. The average Bonchev–Trinajstić information content (AvgIpc) is 3.54. The minimum absolute atomic E-state index is 0.130. The fourth-order valence-electron chi connectivity index (χ4n) is 5.12. The first kappa shape index (κ1) is 23.5. The van der Waals surface area contributed by atoms with E-state index in [4.69, 9.17) is 16.0 Å². The van der Waals surface area contributed by atoms with Gasteiger partial charge < -0.3 is 19.2 Å². The van der Waals surface area contributed by atoms with Crippen molar-refractivity contribution in [2.24, 2.45) is 0 Å². The van der Waals surface area contributed by atoms with Crippen molar-refractivity contribution in [1.82, 2.24) is 14.8 Å². The Morgan fingerprint density at radius 2 is 1.91 bits per heavy atom. The monoisotopic (exact) mass is 491 g/mol. The first-order valence-corrected chi connectivity index (χ1v) is 12.6. The number of halogens is 1. The van der Waals surface area contributed by atoms with Crippen molar-refractivity contribution < 1.29 is 14.0 Å². The molecule has 6 nitrogen and oxygen atoms in total. The van der Waals surface area contributed by atoms with Crippen LogP contribution in [0.15, 0.2) is 70.9 Å². The summed E-state index contributed by atoms with van der Waals surface area (Å²) in [5, 5.41) is 3.72. The van der Waals surface area contributed by atoms with Crippen LogP contribution in [0.5, 0.6) is 0 Å². The van der Waals surface area contributed by atoms with E-state index in [1.807, 2.05) is 47.9 Å². The first-order chi connectivity index (χ1) is 17.0. The fraction of sp³-hybridized carbons (Fsp3) is 0.357. The molecule has 1 N–H and O–H groups in total. The lowest BCUT2D eigenvalue weighted by atomic mass is 9.92. The number of hydrogen-bond acceptors (Lipinski definition) is 3. The number of hydrogen-bond donors (Lipinski definition) is 1. The zero-order valence-electron chi connectivity index (χ0n) is 19.9. The van der Waals surface area contributed by atoms with Crippen LogP contribution in [0.25, 0.3) is 11.5 Å². The van der Waals surface area contributed by atoms with Gasteiger partial charge in [-0.25, -0.2) is 0 Å². The number of allylic oxidation sites excluding steroid dienone is 1. The largest absolute Gasteiger partial charge is 0.463 e. The van der Waals surface area contributed by atoms with Crippen LogP contribution in [0.1, 0.15) is 55.1 Å². The maximum atomic E-state index is 13.8. The summed E-state index contributed by atoms with van der Waals surface area (Å²) in [4.78, 5) is 29.2. The van der Waals surface area contributed by atoms with E-state index in [9.17, 15) is 9.59 Å². The number of nitrogens with zero attached hydrogens (tertiary/aromatic N) is 2. The van der Waals surface area contributed by atoms with Crippen LogP contribution in [-0.4, -0.2) is 33.4 Å². The summed E-state index contributed by atoms with van der Waals surface area (Å²) in [5.41, 5.74) is 2.66. The summed E-state index contributed by atoms with van der Waals surface area (Å²) in [6, 6.07) is 14.8. The highest BCUT2D eigenvalue weighted by atomic mass is 35.5. The highest BCUT2D eigenvalue weighted by molar-refractivity contribution is 6.30. The number of carbonyl (C=O) groups is 2. The quantitative estimate of drug-likeness (QED) is 0.423. The molecule has 1 aliphatic carbocycles. The van der Waals surface area contributed by atoms with E-state index in [-0.39, 0.29) is 11.8 Å². The molecule has 182 valence electrons. The molecule has 1 unspecified atom stereocenters. The third-order valence-corrected chi connectivity index (χ3v) is 7.43. The predicted octanol–water partition coefficient (Wildman–Crippen LogP) is 5.82. The molecule has 3 heterocycles. The molecule has 0 saturated carbocycles. The molecular formula is C28H30ClN3O3. The van der Waals surface area contributed by atoms with Crippen LogP contribution in [0.4, 0.5) is 0 Å². The maximum Gasteiger partial charge on any atom is 0.271 e. The number of nitrogens with one attached hydrogen (secondary N) is 1. The van der Waals surface area contributed by atoms with Gasteiger partial charge in [0, 0.05) is 18.1 Å². The molecular weight excluding hydrogens is 462 g/mol. The number of amides is 2. The van der Waals surface area contributed by atoms with Crippen molar-refractivity contribution >= 4 is 23.4 Å². The number of benzene rings is 1. The molecule has 0 spiro atoms. The van der Waals surface area contributed by atoms with Gasteiger partial charge in [-0.1, -0.05) is 35.4 Å². The predicted molar refractivity (Wildman–Crippen MR) is 136 cm³/mol. The summed E-state index contributed by atoms with van der Waals surface area (Å²) in [6.07, 6.45) is 9.28. The molecule has 5 rings (SSSR count). The second-order valence-corrected chi connectivity index (χ2v) is 10.0. The SMILES string of the molecule is CC1(C(=O)NCc2ccc(Cl)cc2)Cn2c(ccc2-c2ccco2)C(=O)N1CCC1=CCCCC1. The molecule has 1 atom stereocenters. The highest BCUT2D eigenvalue weighted by Crippen LogP contribution is 2.34. The van der Waals surface area contributed by atoms with Crippen LogP contribution >= 0.6 is 11.6 Å². The Hall–Kier alpha value is -3.25. The molecule has 7 heteroatoms. The number of rotatable bonds is 7. The summed E-state index contributed by atoms with van der Waals surface area (Å²) >= 11 is 6.00. The molecule has 2 amide bonds. The molecule has 0 saturated heterocycles. The molecule has 0 fully saturated rings. The van der Waals surface area contributed by atoms with Gasteiger partial charge in [0.05, 0.1) is 18.5 Å². The van der Waals surface area contributed by atoms with E-state index >= 15 is 0 Å². The van der Waals surface area contributed by atoms with Gasteiger partial charge in [0.25, 0.3) is 5.91 Å². The van der Waals surface area contributed by atoms with E-state index in [2.05, 4.69) is 11.4 Å². The Morgan fingerprint density at radius 1 is 1.11 bits per heavy atom. The third-order valence-electron chi connectivity index (χ3n) is 7.18. The lowest BCUT2D eigenvalue weighted by Crippen LogP contribution is -2.64. The fourth-order valence-corrected chi connectivity index (χ4v) is 5.25. The minimum atomic E-state index is -1.05. The highest BCUT2D eigenvalue weighted by Gasteiger charge is 2.47. The van der Waals surface area contributed by atoms with Crippen LogP contribution in [-0.2, 0) is 17.9 Å². The number of fused-ring (bicyclic) bond motifs is 1. The van der Waals surface area contributed by atoms with Crippen molar-refractivity contribution in [3.63, 3.8) is 0 Å². The van der Waals surface area contributed by atoms with Crippen molar-refractivity contribution in [1.29, 1.82) is 0 Å². The van der Waals surface area contributed by atoms with Gasteiger partial charge in [0.2, 0.25) is 5.91 Å². The van der Waals surface area contributed by atoms with Crippen LogP contribution in [0.2, 0.25) is 5.02 Å². The van der Waals surface area contributed by atoms with Gasteiger partial charge in [0.1, 0.15) is 17.0 Å². The molecule has 1 aromatic carbocycles.